The number of halogens is 2. The van der Waals surface area contributed by atoms with Gasteiger partial charge in [-0.25, -0.2) is 0 Å². The van der Waals surface area contributed by atoms with E-state index in [1.54, 1.807) is 6.07 Å². The normalized spacial score (nSPS) is 14.2. The molecule has 1 aliphatic rings. The Morgan fingerprint density at radius 2 is 1.68 bits per heavy atom. The minimum absolute atomic E-state index is 0.0689. The van der Waals surface area contributed by atoms with Crippen molar-refractivity contribution >= 4 is 46.0 Å². The van der Waals surface area contributed by atoms with Gasteiger partial charge in [-0.15, -0.1) is 0 Å². The number of hydrogen-bond acceptors (Lipinski definition) is 5. The van der Waals surface area contributed by atoms with Gasteiger partial charge < -0.3 is 20.2 Å². The van der Waals surface area contributed by atoms with Crippen molar-refractivity contribution in [3.8, 4) is 5.75 Å². The summed E-state index contributed by atoms with van der Waals surface area (Å²) < 4.78 is 5.72. The van der Waals surface area contributed by atoms with Crippen molar-refractivity contribution in [3.05, 3.63) is 46.4 Å². The van der Waals surface area contributed by atoms with Crippen LogP contribution in [0.15, 0.2) is 40.8 Å². The van der Waals surface area contributed by atoms with Crippen molar-refractivity contribution in [2.45, 2.75) is 19.3 Å². The molecule has 4 rings (SSSR count). The molecule has 0 unspecified atom stereocenters. The van der Waals surface area contributed by atoms with Crippen molar-refractivity contribution < 1.29 is 9.52 Å². The second-order valence-electron chi connectivity index (χ2n) is 5.86. The first kappa shape index (κ1) is 17.7. The summed E-state index contributed by atoms with van der Waals surface area (Å²) >= 11 is 11.4. The number of phenolic OH excluding ortho intramolecular Hbond substituents is 1. The minimum Gasteiger partial charge on any atom is -0.506 e. The molecule has 0 atom stereocenters. The smallest absolute Gasteiger partial charge is 0.298 e. The molecular weight excluding hydrogens is 361 g/mol. The average Bonchev–Trinajstić information content (AvgIpc) is 3.03. The van der Waals surface area contributed by atoms with E-state index in [1.165, 1.54) is 31.4 Å². The van der Waals surface area contributed by atoms with E-state index >= 15 is 0 Å². The van der Waals surface area contributed by atoms with E-state index in [9.17, 15) is 0 Å². The monoisotopic (exact) mass is 379 g/mol. The summed E-state index contributed by atoms with van der Waals surface area (Å²) in [7, 11) is 0. The number of rotatable bonds is 1. The third-order valence-electron chi connectivity index (χ3n) is 3.95. The lowest BCUT2D eigenvalue weighted by atomic mass is 10.1. The van der Waals surface area contributed by atoms with Crippen LogP contribution in [-0.2, 0) is 0 Å². The van der Waals surface area contributed by atoms with Gasteiger partial charge in [-0.05, 0) is 55.7 Å². The van der Waals surface area contributed by atoms with Gasteiger partial charge in [0.05, 0.1) is 5.69 Å². The molecule has 1 aromatic heterocycles. The Labute approximate surface area is 156 Å². The van der Waals surface area contributed by atoms with Crippen molar-refractivity contribution in [3.63, 3.8) is 0 Å². The first-order valence-electron chi connectivity index (χ1n) is 8.08. The van der Waals surface area contributed by atoms with Crippen LogP contribution in [0.4, 0.5) is 11.7 Å². The fourth-order valence-electron chi connectivity index (χ4n) is 2.63. The highest BCUT2D eigenvalue weighted by Gasteiger charge is 2.16. The first-order valence-corrected chi connectivity index (χ1v) is 8.83. The van der Waals surface area contributed by atoms with Crippen molar-refractivity contribution in [1.82, 2.24) is 4.98 Å². The molecule has 3 aromatic rings. The number of piperidine rings is 1. The van der Waals surface area contributed by atoms with Crippen LogP contribution >= 0.6 is 23.2 Å². The van der Waals surface area contributed by atoms with Gasteiger partial charge in [0.25, 0.3) is 6.01 Å². The van der Waals surface area contributed by atoms with E-state index < -0.39 is 0 Å². The van der Waals surface area contributed by atoms with Crippen LogP contribution in [-0.4, -0.2) is 23.2 Å². The molecule has 7 heteroatoms. The molecule has 2 heterocycles. The Morgan fingerprint density at radius 1 is 1.00 bits per heavy atom. The van der Waals surface area contributed by atoms with Gasteiger partial charge >= 0.3 is 0 Å². The number of anilines is 2. The maximum Gasteiger partial charge on any atom is 0.298 e. The number of hydrogen-bond donors (Lipinski definition) is 2. The van der Waals surface area contributed by atoms with Gasteiger partial charge in [-0.3, -0.25) is 0 Å². The number of oxazole rings is 1. The van der Waals surface area contributed by atoms with Crippen LogP contribution in [0.25, 0.3) is 11.1 Å². The number of aromatic hydroxyl groups is 1. The number of phenols is 1. The fraction of sp³-hybridized carbons (Fsp3) is 0.278. The Kier molecular flexibility index (Phi) is 5.56. The third-order valence-corrected chi connectivity index (χ3v) is 4.42. The third kappa shape index (κ3) is 4.50. The van der Waals surface area contributed by atoms with E-state index in [-0.39, 0.29) is 5.75 Å². The van der Waals surface area contributed by atoms with Crippen LogP contribution in [0.1, 0.15) is 19.3 Å². The molecule has 0 amide bonds. The second kappa shape index (κ2) is 7.85. The highest BCUT2D eigenvalue weighted by Crippen LogP contribution is 2.26. The predicted octanol–water partition coefficient (Wildman–Crippen LogP) is 5.10. The van der Waals surface area contributed by atoms with Crippen LogP contribution in [0, 0.1) is 0 Å². The maximum atomic E-state index is 8.86. The summed E-state index contributed by atoms with van der Waals surface area (Å²) in [6.07, 6.45) is 3.75. The largest absolute Gasteiger partial charge is 0.506 e. The lowest BCUT2D eigenvalue weighted by Crippen LogP contribution is -2.29. The SMILES string of the molecule is Clc1ccc2oc(N3CCCCC3)nc2c1.Nc1cc(Cl)ccc1O. The zero-order valence-electron chi connectivity index (χ0n) is 13.6. The summed E-state index contributed by atoms with van der Waals surface area (Å²) in [5.74, 6) is 0.0689. The van der Waals surface area contributed by atoms with Gasteiger partial charge in [0.1, 0.15) is 11.3 Å². The molecule has 25 heavy (non-hydrogen) atoms. The summed E-state index contributed by atoms with van der Waals surface area (Å²) in [6, 6.07) is 10.8. The van der Waals surface area contributed by atoms with Gasteiger partial charge in [0.2, 0.25) is 0 Å². The summed E-state index contributed by atoms with van der Waals surface area (Å²) in [6.45, 7) is 2.08. The molecular formula is C18H19Cl2N3O2. The molecule has 0 saturated carbocycles. The number of benzene rings is 2. The molecule has 132 valence electrons. The first-order chi connectivity index (χ1) is 12.0. The lowest BCUT2D eigenvalue weighted by Gasteiger charge is -2.24. The number of fused-ring (bicyclic) bond motifs is 1. The highest BCUT2D eigenvalue weighted by molar-refractivity contribution is 6.31. The number of nitrogens with zero attached hydrogens (tertiary/aromatic N) is 2. The highest BCUT2D eigenvalue weighted by atomic mass is 35.5. The number of nitrogen functional groups attached to an aromatic ring is 1. The van der Waals surface area contributed by atoms with Crippen LogP contribution in [0.5, 0.6) is 5.75 Å². The van der Waals surface area contributed by atoms with E-state index in [0.717, 1.165) is 30.2 Å². The van der Waals surface area contributed by atoms with Gasteiger partial charge in [0, 0.05) is 23.1 Å². The molecule has 1 aliphatic heterocycles. The molecule has 1 saturated heterocycles. The molecule has 0 radical (unpaired) electrons. The average molecular weight is 380 g/mol. The minimum atomic E-state index is 0.0689. The van der Waals surface area contributed by atoms with E-state index in [1.807, 2.05) is 18.2 Å². The van der Waals surface area contributed by atoms with Crippen LogP contribution < -0.4 is 10.6 Å². The van der Waals surface area contributed by atoms with Crippen molar-refractivity contribution in [1.29, 1.82) is 0 Å². The quantitative estimate of drug-likeness (QED) is 0.454. The summed E-state index contributed by atoms with van der Waals surface area (Å²) in [5, 5.41) is 10.1. The predicted molar refractivity (Wildman–Crippen MR) is 103 cm³/mol. The van der Waals surface area contributed by atoms with E-state index in [4.69, 9.17) is 38.5 Å². The Hall–Kier alpha value is -2.11. The Morgan fingerprint density at radius 3 is 2.36 bits per heavy atom. The van der Waals surface area contributed by atoms with Crippen LogP contribution in [0.2, 0.25) is 10.0 Å². The molecule has 5 nitrogen and oxygen atoms in total. The Bertz CT molecular complexity index is 861. The van der Waals surface area contributed by atoms with Crippen molar-refractivity contribution in [2.24, 2.45) is 0 Å². The topological polar surface area (TPSA) is 75.5 Å². The zero-order valence-corrected chi connectivity index (χ0v) is 15.1. The van der Waals surface area contributed by atoms with Gasteiger partial charge in [-0.2, -0.15) is 4.98 Å². The number of aromatic nitrogens is 1. The van der Waals surface area contributed by atoms with E-state index in [0.29, 0.717) is 15.7 Å². The number of nitrogens with two attached hydrogens (primary N) is 1. The zero-order chi connectivity index (χ0) is 17.8. The Balaban J connectivity index is 0.000000173. The molecule has 1 fully saturated rings. The molecule has 0 aliphatic carbocycles. The van der Waals surface area contributed by atoms with Crippen molar-refractivity contribution in [2.75, 3.05) is 23.7 Å². The lowest BCUT2D eigenvalue weighted by molar-refractivity contribution is 0.478. The summed E-state index contributed by atoms with van der Waals surface area (Å²) in [4.78, 5) is 6.68. The molecule has 3 N–H and O–H groups in total. The summed E-state index contributed by atoms with van der Waals surface area (Å²) in [5.41, 5.74) is 7.25. The van der Waals surface area contributed by atoms with E-state index in [2.05, 4.69) is 9.88 Å². The standard InChI is InChI=1S/C12H13ClN2O.C6H6ClNO/c13-9-4-5-11-10(8-9)14-12(16-11)15-6-2-1-3-7-15;7-4-1-2-6(9)5(8)3-4/h4-5,8H,1-3,6-7H2;1-3,9H,8H2. The van der Waals surface area contributed by atoms with Gasteiger partial charge in [-0.1, -0.05) is 23.2 Å². The molecule has 0 bridgehead atoms. The maximum absolute atomic E-state index is 8.86. The fourth-order valence-corrected chi connectivity index (χ4v) is 2.98. The van der Waals surface area contributed by atoms with Gasteiger partial charge in [0.15, 0.2) is 5.58 Å². The van der Waals surface area contributed by atoms with Crippen LogP contribution in [0.3, 0.4) is 0 Å². The molecule has 0 spiro atoms. The second-order valence-corrected chi connectivity index (χ2v) is 6.73. The molecule has 2 aromatic carbocycles.